The molecule has 1 unspecified atom stereocenters. The van der Waals surface area contributed by atoms with Crippen molar-refractivity contribution in [3.8, 4) is 5.75 Å². The highest BCUT2D eigenvalue weighted by atomic mass is 16.5. The van der Waals surface area contributed by atoms with E-state index in [4.69, 9.17) is 15.2 Å². The van der Waals surface area contributed by atoms with Crippen molar-refractivity contribution >= 4 is 0 Å². The second-order valence-corrected chi connectivity index (χ2v) is 6.21. The van der Waals surface area contributed by atoms with E-state index in [0.717, 1.165) is 25.4 Å². The molecule has 3 rings (SSSR count). The standard InChI is InChI=1S/C17H25NO2/c1-19-16-5-4-13(14-6-9-20-11-14)10-15(16)17(12-18)7-2-3-8-17/h4-5,10,14H,2-3,6-9,11-12,18H2,1H3. The maximum Gasteiger partial charge on any atom is 0.122 e. The highest BCUT2D eigenvalue weighted by Gasteiger charge is 2.37. The van der Waals surface area contributed by atoms with Crippen LogP contribution in [-0.4, -0.2) is 26.9 Å². The van der Waals surface area contributed by atoms with Crippen LogP contribution in [0.5, 0.6) is 5.75 Å². The smallest absolute Gasteiger partial charge is 0.122 e. The first-order valence-corrected chi connectivity index (χ1v) is 7.75. The number of methoxy groups -OCH3 is 1. The van der Waals surface area contributed by atoms with Crippen LogP contribution in [0.2, 0.25) is 0 Å². The molecule has 1 aromatic rings. The van der Waals surface area contributed by atoms with Gasteiger partial charge in [0.15, 0.2) is 0 Å². The first kappa shape index (κ1) is 13.9. The van der Waals surface area contributed by atoms with Crippen LogP contribution in [-0.2, 0) is 10.2 Å². The molecule has 1 saturated heterocycles. The summed E-state index contributed by atoms with van der Waals surface area (Å²) in [5.74, 6) is 1.54. The van der Waals surface area contributed by atoms with Gasteiger partial charge in [0.1, 0.15) is 5.75 Å². The predicted octanol–water partition coefficient (Wildman–Crippen LogP) is 2.97. The molecule has 1 atom stereocenters. The van der Waals surface area contributed by atoms with E-state index in [-0.39, 0.29) is 5.41 Å². The first-order valence-electron chi connectivity index (χ1n) is 7.75. The maximum absolute atomic E-state index is 6.15. The molecule has 3 heteroatoms. The third kappa shape index (κ3) is 2.33. The van der Waals surface area contributed by atoms with Crippen molar-refractivity contribution in [2.24, 2.45) is 5.73 Å². The minimum Gasteiger partial charge on any atom is -0.496 e. The van der Waals surface area contributed by atoms with Crippen molar-refractivity contribution in [1.29, 1.82) is 0 Å². The Labute approximate surface area is 121 Å². The van der Waals surface area contributed by atoms with E-state index in [1.54, 1.807) is 7.11 Å². The van der Waals surface area contributed by atoms with E-state index < -0.39 is 0 Å². The molecule has 1 aliphatic heterocycles. The fraction of sp³-hybridized carbons (Fsp3) is 0.647. The minimum absolute atomic E-state index is 0.126. The number of hydrogen-bond acceptors (Lipinski definition) is 3. The summed E-state index contributed by atoms with van der Waals surface area (Å²) in [6.45, 7) is 2.45. The average Bonchev–Trinajstić information content (AvgIpc) is 3.18. The SMILES string of the molecule is COc1ccc(C2CCOC2)cc1C1(CN)CCCC1. The Morgan fingerprint density at radius 1 is 1.35 bits per heavy atom. The fourth-order valence-corrected chi connectivity index (χ4v) is 3.83. The molecule has 110 valence electrons. The Morgan fingerprint density at radius 2 is 2.15 bits per heavy atom. The van der Waals surface area contributed by atoms with Crippen LogP contribution >= 0.6 is 0 Å². The highest BCUT2D eigenvalue weighted by Crippen LogP contribution is 2.45. The van der Waals surface area contributed by atoms with Crippen molar-refractivity contribution in [1.82, 2.24) is 0 Å². The van der Waals surface area contributed by atoms with Gasteiger partial charge in [-0.25, -0.2) is 0 Å². The van der Waals surface area contributed by atoms with Gasteiger partial charge in [-0.1, -0.05) is 25.0 Å². The largest absolute Gasteiger partial charge is 0.496 e. The molecule has 2 aliphatic rings. The van der Waals surface area contributed by atoms with Crippen LogP contribution in [0, 0.1) is 0 Å². The third-order valence-corrected chi connectivity index (χ3v) is 5.15. The van der Waals surface area contributed by atoms with Crippen LogP contribution in [0.15, 0.2) is 18.2 Å². The second kappa shape index (κ2) is 5.74. The van der Waals surface area contributed by atoms with E-state index in [0.29, 0.717) is 12.5 Å². The molecule has 2 N–H and O–H groups in total. The molecule has 0 amide bonds. The zero-order chi connectivity index (χ0) is 14.0. The van der Waals surface area contributed by atoms with Gasteiger partial charge in [-0.15, -0.1) is 0 Å². The van der Waals surface area contributed by atoms with E-state index >= 15 is 0 Å². The molecular formula is C17H25NO2. The van der Waals surface area contributed by atoms with Gasteiger partial charge in [0.25, 0.3) is 0 Å². The zero-order valence-electron chi connectivity index (χ0n) is 12.4. The van der Waals surface area contributed by atoms with Crippen LogP contribution in [0.25, 0.3) is 0 Å². The summed E-state index contributed by atoms with van der Waals surface area (Å²) < 4.78 is 11.1. The molecule has 3 nitrogen and oxygen atoms in total. The van der Waals surface area contributed by atoms with Gasteiger partial charge in [0.05, 0.1) is 13.7 Å². The van der Waals surface area contributed by atoms with Crippen molar-refractivity contribution in [3.05, 3.63) is 29.3 Å². The molecule has 0 bridgehead atoms. The van der Waals surface area contributed by atoms with Gasteiger partial charge in [-0.2, -0.15) is 0 Å². The Kier molecular flexibility index (Phi) is 3.99. The van der Waals surface area contributed by atoms with Crippen molar-refractivity contribution < 1.29 is 9.47 Å². The second-order valence-electron chi connectivity index (χ2n) is 6.21. The number of ether oxygens (including phenoxy) is 2. The number of rotatable bonds is 4. The van der Waals surface area contributed by atoms with Crippen LogP contribution in [0.3, 0.4) is 0 Å². The molecule has 1 saturated carbocycles. The van der Waals surface area contributed by atoms with Gasteiger partial charge in [0.2, 0.25) is 0 Å². The molecule has 0 spiro atoms. The normalized spacial score (nSPS) is 25.0. The highest BCUT2D eigenvalue weighted by molar-refractivity contribution is 5.44. The topological polar surface area (TPSA) is 44.5 Å². The average molecular weight is 275 g/mol. The minimum atomic E-state index is 0.126. The molecule has 1 aromatic carbocycles. The lowest BCUT2D eigenvalue weighted by molar-refractivity contribution is 0.194. The zero-order valence-corrected chi connectivity index (χ0v) is 12.4. The van der Waals surface area contributed by atoms with E-state index in [2.05, 4.69) is 18.2 Å². The molecule has 1 aliphatic carbocycles. The maximum atomic E-state index is 6.15. The monoisotopic (exact) mass is 275 g/mol. The summed E-state index contributed by atoms with van der Waals surface area (Å²) in [4.78, 5) is 0. The van der Waals surface area contributed by atoms with Gasteiger partial charge in [-0.3, -0.25) is 0 Å². The van der Waals surface area contributed by atoms with Crippen molar-refractivity contribution in [2.45, 2.75) is 43.4 Å². The van der Waals surface area contributed by atoms with Crippen LogP contribution in [0.4, 0.5) is 0 Å². The Morgan fingerprint density at radius 3 is 2.75 bits per heavy atom. The number of benzene rings is 1. The van der Waals surface area contributed by atoms with Gasteiger partial charge < -0.3 is 15.2 Å². The molecule has 0 radical (unpaired) electrons. The van der Waals surface area contributed by atoms with E-state index in [9.17, 15) is 0 Å². The van der Waals surface area contributed by atoms with E-state index in [1.807, 2.05) is 0 Å². The van der Waals surface area contributed by atoms with Crippen LogP contribution in [0.1, 0.15) is 49.1 Å². The van der Waals surface area contributed by atoms with Gasteiger partial charge in [0, 0.05) is 30.0 Å². The molecule has 2 fully saturated rings. The summed E-state index contributed by atoms with van der Waals surface area (Å²) in [5, 5.41) is 0. The lowest BCUT2D eigenvalue weighted by Crippen LogP contribution is -2.32. The number of hydrogen-bond donors (Lipinski definition) is 1. The quantitative estimate of drug-likeness (QED) is 0.918. The summed E-state index contributed by atoms with van der Waals surface area (Å²) >= 11 is 0. The molecule has 20 heavy (non-hydrogen) atoms. The van der Waals surface area contributed by atoms with Crippen molar-refractivity contribution in [2.75, 3.05) is 26.9 Å². The first-order chi connectivity index (χ1) is 9.79. The Balaban J connectivity index is 2.00. The third-order valence-electron chi connectivity index (χ3n) is 5.15. The predicted molar refractivity (Wildman–Crippen MR) is 80.4 cm³/mol. The van der Waals surface area contributed by atoms with Gasteiger partial charge >= 0.3 is 0 Å². The van der Waals surface area contributed by atoms with Crippen molar-refractivity contribution in [3.63, 3.8) is 0 Å². The molecule has 0 aromatic heterocycles. The summed E-state index contributed by atoms with van der Waals surface area (Å²) in [5.41, 5.74) is 8.98. The molecule has 1 heterocycles. The Bertz CT molecular complexity index is 460. The molecular weight excluding hydrogens is 250 g/mol. The lowest BCUT2D eigenvalue weighted by atomic mass is 9.77. The number of nitrogens with two attached hydrogens (primary N) is 1. The fourth-order valence-electron chi connectivity index (χ4n) is 3.83. The Hall–Kier alpha value is -1.06. The van der Waals surface area contributed by atoms with Gasteiger partial charge in [-0.05, 0) is 30.9 Å². The van der Waals surface area contributed by atoms with Crippen LogP contribution < -0.4 is 10.5 Å². The summed E-state index contributed by atoms with van der Waals surface area (Å²) in [6, 6.07) is 6.66. The lowest BCUT2D eigenvalue weighted by Gasteiger charge is -2.30. The summed E-state index contributed by atoms with van der Waals surface area (Å²) in [6.07, 6.45) is 6.05. The van der Waals surface area contributed by atoms with E-state index in [1.165, 1.54) is 36.8 Å². The summed E-state index contributed by atoms with van der Waals surface area (Å²) in [7, 11) is 1.76.